The van der Waals surface area contributed by atoms with E-state index in [1.54, 1.807) is 29.2 Å². The topological polar surface area (TPSA) is 37.3 Å². The second-order valence-electron chi connectivity index (χ2n) is 8.47. The minimum Gasteiger partial charge on any atom is -0.497 e. The Morgan fingerprint density at radius 1 is 1.06 bits per heavy atom. The monoisotopic (exact) mass is 493 g/mol. The largest absolute Gasteiger partial charge is 0.497 e. The second kappa shape index (κ2) is 9.64. The summed E-state index contributed by atoms with van der Waals surface area (Å²) in [7, 11) is 1.39. The van der Waals surface area contributed by atoms with E-state index in [1.807, 2.05) is 0 Å². The van der Waals surface area contributed by atoms with E-state index in [4.69, 9.17) is 15.9 Å². The van der Waals surface area contributed by atoms with Gasteiger partial charge in [-0.1, -0.05) is 12.8 Å². The molecule has 2 aliphatic rings. The molecule has 0 saturated carbocycles. The van der Waals surface area contributed by atoms with Gasteiger partial charge in [-0.25, -0.2) is 13.8 Å². The number of anilines is 2. The van der Waals surface area contributed by atoms with Gasteiger partial charge < -0.3 is 14.4 Å². The SMILES string of the molecule is C#C[C@H]1[C@H](C)C(C(F)(F)F)=NN1c1ccc(OC2CCN(c3cc(OC)cc(F)c3F)CC2)cc1. The van der Waals surface area contributed by atoms with E-state index in [0.717, 1.165) is 6.07 Å². The number of hydrogen-bond acceptors (Lipinski definition) is 5. The number of piperidine rings is 1. The predicted octanol–water partition coefficient (Wildman–Crippen LogP) is 5.40. The first kappa shape index (κ1) is 24.6. The lowest BCUT2D eigenvalue weighted by Crippen LogP contribution is -2.38. The Kier molecular flexibility index (Phi) is 6.79. The van der Waals surface area contributed by atoms with Gasteiger partial charge in [-0.2, -0.15) is 18.3 Å². The predicted molar refractivity (Wildman–Crippen MR) is 123 cm³/mol. The first-order valence-electron chi connectivity index (χ1n) is 11.1. The van der Waals surface area contributed by atoms with Crippen LogP contribution in [-0.4, -0.2) is 44.2 Å². The van der Waals surface area contributed by atoms with E-state index in [9.17, 15) is 22.0 Å². The molecule has 4 rings (SSSR count). The zero-order valence-electron chi connectivity index (χ0n) is 19.1. The van der Waals surface area contributed by atoms with Crippen LogP contribution in [0.2, 0.25) is 0 Å². The molecule has 2 atom stereocenters. The molecule has 1 saturated heterocycles. The number of benzene rings is 2. The molecule has 1 fully saturated rings. The molecule has 0 spiro atoms. The highest BCUT2D eigenvalue weighted by molar-refractivity contribution is 5.95. The summed E-state index contributed by atoms with van der Waals surface area (Å²) < 4.78 is 79.0. The van der Waals surface area contributed by atoms with Gasteiger partial charge in [0.15, 0.2) is 11.6 Å². The van der Waals surface area contributed by atoms with E-state index in [1.165, 1.54) is 25.1 Å². The lowest BCUT2D eigenvalue weighted by atomic mass is 9.98. The van der Waals surface area contributed by atoms with Crippen molar-refractivity contribution in [3.8, 4) is 23.8 Å². The fourth-order valence-corrected chi connectivity index (χ4v) is 4.36. The van der Waals surface area contributed by atoms with Gasteiger partial charge >= 0.3 is 6.18 Å². The molecule has 0 unspecified atom stereocenters. The summed E-state index contributed by atoms with van der Waals surface area (Å²) in [5.41, 5.74) is -0.331. The fraction of sp³-hybridized carbons (Fsp3) is 0.400. The first-order valence-corrected chi connectivity index (χ1v) is 11.1. The normalized spacial score (nSPS) is 21.0. The molecule has 0 amide bonds. The van der Waals surface area contributed by atoms with Crippen molar-refractivity contribution in [3.05, 3.63) is 48.0 Å². The summed E-state index contributed by atoms with van der Waals surface area (Å²) in [5, 5.41) is 4.95. The molecule has 5 nitrogen and oxygen atoms in total. The molecule has 2 heterocycles. The Balaban J connectivity index is 1.40. The highest BCUT2D eigenvalue weighted by Crippen LogP contribution is 2.36. The maximum absolute atomic E-state index is 14.3. The van der Waals surface area contributed by atoms with Gasteiger partial charge in [0.1, 0.15) is 29.4 Å². The smallest absolute Gasteiger partial charge is 0.431 e. The Bertz CT molecular complexity index is 1140. The van der Waals surface area contributed by atoms with Gasteiger partial charge in [-0.05, 0) is 24.3 Å². The van der Waals surface area contributed by atoms with Gasteiger partial charge in [0.25, 0.3) is 0 Å². The number of alkyl halides is 3. The molecule has 35 heavy (non-hydrogen) atoms. The van der Waals surface area contributed by atoms with E-state index in [-0.39, 0.29) is 17.5 Å². The summed E-state index contributed by atoms with van der Waals surface area (Å²) >= 11 is 0. The molecule has 0 radical (unpaired) electrons. The minimum absolute atomic E-state index is 0.145. The van der Waals surface area contributed by atoms with Crippen LogP contribution in [0.5, 0.6) is 11.5 Å². The Hall–Kier alpha value is -3.48. The molecule has 0 aromatic heterocycles. The summed E-state index contributed by atoms with van der Waals surface area (Å²) in [6.07, 6.45) is 1.92. The van der Waals surface area contributed by atoms with Crippen LogP contribution < -0.4 is 19.4 Å². The molecular formula is C25H24F5N3O2. The number of halogens is 5. The first-order chi connectivity index (χ1) is 16.6. The maximum atomic E-state index is 14.3. The van der Waals surface area contributed by atoms with Crippen molar-refractivity contribution in [2.24, 2.45) is 11.0 Å². The van der Waals surface area contributed by atoms with E-state index in [2.05, 4.69) is 11.0 Å². The zero-order chi connectivity index (χ0) is 25.3. The number of methoxy groups -OCH3 is 1. The van der Waals surface area contributed by atoms with Crippen LogP contribution in [0.15, 0.2) is 41.5 Å². The van der Waals surface area contributed by atoms with Gasteiger partial charge in [0, 0.05) is 44.0 Å². The third-order valence-corrected chi connectivity index (χ3v) is 6.25. The number of nitrogens with zero attached hydrogens (tertiary/aromatic N) is 3. The summed E-state index contributed by atoms with van der Waals surface area (Å²) in [5.74, 6) is 0.330. The van der Waals surface area contributed by atoms with Crippen molar-refractivity contribution in [1.29, 1.82) is 0 Å². The Labute approximate surface area is 200 Å². The third-order valence-electron chi connectivity index (χ3n) is 6.25. The highest BCUT2D eigenvalue weighted by Gasteiger charge is 2.47. The number of ether oxygens (including phenoxy) is 2. The number of hydrazone groups is 1. The van der Waals surface area contributed by atoms with Crippen LogP contribution >= 0.6 is 0 Å². The van der Waals surface area contributed by atoms with Crippen LogP contribution in [0.1, 0.15) is 19.8 Å². The van der Waals surface area contributed by atoms with E-state index < -0.39 is 35.5 Å². The Morgan fingerprint density at radius 3 is 2.29 bits per heavy atom. The average molecular weight is 493 g/mol. The second-order valence-corrected chi connectivity index (χ2v) is 8.47. The third kappa shape index (κ3) is 4.99. The van der Waals surface area contributed by atoms with Crippen LogP contribution in [0.25, 0.3) is 0 Å². The lowest BCUT2D eigenvalue weighted by molar-refractivity contribution is -0.0618. The Morgan fingerprint density at radius 2 is 1.71 bits per heavy atom. The molecule has 186 valence electrons. The summed E-state index contributed by atoms with van der Waals surface area (Å²) in [6, 6.07) is 8.15. The number of rotatable bonds is 5. The van der Waals surface area contributed by atoms with Crippen molar-refractivity contribution >= 4 is 17.1 Å². The van der Waals surface area contributed by atoms with Gasteiger partial charge in [0.2, 0.25) is 0 Å². The van der Waals surface area contributed by atoms with Crippen molar-refractivity contribution in [2.75, 3.05) is 30.1 Å². The number of terminal acetylenes is 1. The molecule has 0 bridgehead atoms. The van der Waals surface area contributed by atoms with Crippen molar-refractivity contribution in [3.63, 3.8) is 0 Å². The van der Waals surface area contributed by atoms with Crippen molar-refractivity contribution in [1.82, 2.24) is 0 Å². The molecule has 0 N–H and O–H groups in total. The van der Waals surface area contributed by atoms with E-state index >= 15 is 0 Å². The molecule has 2 aromatic carbocycles. The fourth-order valence-electron chi connectivity index (χ4n) is 4.36. The quantitative estimate of drug-likeness (QED) is 0.413. The average Bonchev–Trinajstić information content (AvgIpc) is 3.18. The molecular weight excluding hydrogens is 469 g/mol. The maximum Gasteiger partial charge on any atom is 0.431 e. The highest BCUT2D eigenvalue weighted by atomic mass is 19.4. The van der Waals surface area contributed by atoms with Crippen LogP contribution in [0.4, 0.5) is 33.3 Å². The summed E-state index contributed by atoms with van der Waals surface area (Å²) in [4.78, 5) is 1.74. The number of hydrogen-bond donors (Lipinski definition) is 0. The minimum atomic E-state index is -4.55. The van der Waals surface area contributed by atoms with Crippen LogP contribution in [-0.2, 0) is 0 Å². The van der Waals surface area contributed by atoms with Gasteiger partial charge in [0.05, 0.1) is 18.5 Å². The van der Waals surface area contributed by atoms with Crippen molar-refractivity contribution < 1.29 is 31.4 Å². The standard InChI is InChI=1S/C25H24F5N3O2/c1-4-21-15(2)24(25(28,29)30)31-33(21)16-5-7-17(8-6-16)35-18-9-11-32(12-10-18)22-14-19(34-3)13-20(26)23(22)27/h1,5-8,13-15,18,21H,9-12H2,2-3H3/t15-,21-/m0/s1. The van der Waals surface area contributed by atoms with Crippen LogP contribution in [0.3, 0.4) is 0 Å². The van der Waals surface area contributed by atoms with E-state index in [0.29, 0.717) is 37.4 Å². The summed E-state index contributed by atoms with van der Waals surface area (Å²) in [6.45, 7) is 2.32. The molecule has 2 aliphatic heterocycles. The molecule has 2 aromatic rings. The van der Waals surface area contributed by atoms with Crippen molar-refractivity contribution in [2.45, 2.75) is 38.1 Å². The van der Waals surface area contributed by atoms with Gasteiger partial charge in [-0.3, -0.25) is 0 Å². The molecule has 10 heteroatoms. The van der Waals surface area contributed by atoms with Gasteiger partial charge in [-0.15, -0.1) is 6.42 Å². The molecule has 0 aliphatic carbocycles. The lowest BCUT2D eigenvalue weighted by Gasteiger charge is -2.34. The van der Waals surface area contributed by atoms with Crippen LogP contribution in [0, 0.1) is 29.9 Å². The zero-order valence-corrected chi connectivity index (χ0v) is 19.1.